The van der Waals surface area contributed by atoms with Gasteiger partial charge in [-0.2, -0.15) is 0 Å². The number of para-hydroxylation sites is 1. The third-order valence-corrected chi connectivity index (χ3v) is 5.54. The molecule has 3 aromatic rings. The van der Waals surface area contributed by atoms with E-state index in [1.165, 1.54) is 12.1 Å². The van der Waals surface area contributed by atoms with Gasteiger partial charge in [-0.25, -0.2) is 0 Å². The van der Waals surface area contributed by atoms with E-state index in [4.69, 9.17) is 4.42 Å². The average Bonchev–Trinajstić information content (AvgIpc) is 3.30. The lowest BCUT2D eigenvalue weighted by Crippen LogP contribution is -2.41. The van der Waals surface area contributed by atoms with Crippen LogP contribution in [0.5, 0.6) is 0 Å². The Morgan fingerprint density at radius 1 is 1.19 bits per heavy atom. The Morgan fingerprint density at radius 2 is 1.94 bits per heavy atom. The van der Waals surface area contributed by atoms with E-state index < -0.39 is 4.92 Å². The van der Waals surface area contributed by atoms with Crippen LogP contribution in [0.1, 0.15) is 31.7 Å². The van der Waals surface area contributed by atoms with Gasteiger partial charge in [-0.05, 0) is 50.6 Å². The highest BCUT2D eigenvalue weighted by atomic mass is 16.6. The Bertz CT molecular complexity index is 1050. The number of nitro groups is 1. The van der Waals surface area contributed by atoms with Gasteiger partial charge < -0.3 is 9.73 Å². The molecular weight excluding hydrogens is 398 g/mol. The summed E-state index contributed by atoms with van der Waals surface area (Å²) in [4.78, 5) is 25.2. The molecule has 0 radical (unpaired) electrons. The van der Waals surface area contributed by atoms with E-state index >= 15 is 0 Å². The summed E-state index contributed by atoms with van der Waals surface area (Å²) in [6.07, 6.45) is 1.74. The Morgan fingerprint density at radius 3 is 2.65 bits per heavy atom. The van der Waals surface area contributed by atoms with Crippen LogP contribution in [-0.4, -0.2) is 39.0 Å². The fourth-order valence-corrected chi connectivity index (χ4v) is 3.74. The number of carbonyl (C=O) groups excluding carboxylic acids is 1. The summed E-state index contributed by atoms with van der Waals surface area (Å²) in [5.74, 6) is 0.665. The standard InChI is InChI=1S/C22H23N5O4/c1-15(21-24-25-22(31-21)16-9-11-19(12-10-16)27(29)30)26-13-5-6-17(14-26)20(28)23-18-7-3-2-4-8-18/h2-4,7-12,15,17H,5-6,13-14H2,1H3,(H,23,28). The van der Waals surface area contributed by atoms with E-state index in [0.717, 1.165) is 25.1 Å². The van der Waals surface area contributed by atoms with Crippen molar-refractivity contribution in [1.29, 1.82) is 0 Å². The molecule has 2 aromatic carbocycles. The monoisotopic (exact) mass is 421 g/mol. The first-order chi connectivity index (χ1) is 15.0. The minimum Gasteiger partial charge on any atom is -0.419 e. The number of non-ortho nitro benzene ring substituents is 1. The van der Waals surface area contributed by atoms with Gasteiger partial charge in [0, 0.05) is 29.9 Å². The molecule has 9 heteroatoms. The molecule has 1 saturated heterocycles. The highest BCUT2D eigenvalue weighted by molar-refractivity contribution is 5.92. The third kappa shape index (κ3) is 4.77. The number of hydrogen-bond donors (Lipinski definition) is 1. The summed E-state index contributed by atoms with van der Waals surface area (Å²) in [7, 11) is 0. The highest BCUT2D eigenvalue weighted by Crippen LogP contribution is 2.29. The minimum atomic E-state index is -0.453. The number of hydrogen-bond acceptors (Lipinski definition) is 7. The number of carbonyl (C=O) groups is 1. The van der Waals surface area contributed by atoms with Crippen LogP contribution >= 0.6 is 0 Å². The van der Waals surface area contributed by atoms with Gasteiger partial charge in [0.1, 0.15) is 0 Å². The first kappa shape index (κ1) is 20.7. The number of aromatic nitrogens is 2. The molecule has 2 unspecified atom stereocenters. The first-order valence-electron chi connectivity index (χ1n) is 10.2. The molecule has 31 heavy (non-hydrogen) atoms. The van der Waals surface area contributed by atoms with Gasteiger partial charge >= 0.3 is 0 Å². The molecule has 1 N–H and O–H groups in total. The van der Waals surface area contributed by atoms with Crippen molar-refractivity contribution in [3.8, 4) is 11.5 Å². The quantitative estimate of drug-likeness (QED) is 0.471. The molecule has 1 aliphatic heterocycles. The molecule has 0 aliphatic carbocycles. The summed E-state index contributed by atoms with van der Waals surface area (Å²) in [6, 6.07) is 15.3. The maximum absolute atomic E-state index is 12.7. The zero-order valence-corrected chi connectivity index (χ0v) is 17.1. The van der Waals surface area contributed by atoms with Crippen LogP contribution in [0.4, 0.5) is 11.4 Å². The Hall–Kier alpha value is -3.59. The van der Waals surface area contributed by atoms with Gasteiger partial charge in [-0.1, -0.05) is 18.2 Å². The molecular formula is C22H23N5O4. The van der Waals surface area contributed by atoms with Crippen molar-refractivity contribution in [1.82, 2.24) is 15.1 Å². The van der Waals surface area contributed by atoms with Gasteiger partial charge in [0.2, 0.25) is 17.7 Å². The van der Waals surface area contributed by atoms with E-state index in [-0.39, 0.29) is 23.6 Å². The lowest BCUT2D eigenvalue weighted by molar-refractivity contribution is -0.384. The van der Waals surface area contributed by atoms with Crippen LogP contribution in [0.25, 0.3) is 11.5 Å². The zero-order valence-electron chi connectivity index (χ0n) is 17.1. The molecule has 4 rings (SSSR count). The second kappa shape index (κ2) is 9.05. The molecule has 0 bridgehead atoms. The van der Waals surface area contributed by atoms with Crippen LogP contribution in [0, 0.1) is 16.0 Å². The number of nitro benzene ring substituents is 1. The van der Waals surface area contributed by atoms with E-state index in [1.54, 1.807) is 12.1 Å². The molecule has 2 atom stereocenters. The van der Waals surface area contributed by atoms with Crippen molar-refractivity contribution in [2.24, 2.45) is 5.92 Å². The van der Waals surface area contributed by atoms with Crippen LogP contribution < -0.4 is 5.32 Å². The number of nitrogens with one attached hydrogen (secondary N) is 1. The minimum absolute atomic E-state index is 0.00462. The van der Waals surface area contributed by atoms with E-state index in [1.807, 2.05) is 37.3 Å². The summed E-state index contributed by atoms with van der Waals surface area (Å²) < 4.78 is 5.84. The van der Waals surface area contributed by atoms with Gasteiger partial charge in [0.25, 0.3) is 5.69 Å². The van der Waals surface area contributed by atoms with Crippen molar-refractivity contribution in [2.45, 2.75) is 25.8 Å². The van der Waals surface area contributed by atoms with Crippen molar-refractivity contribution < 1.29 is 14.1 Å². The topological polar surface area (TPSA) is 114 Å². The van der Waals surface area contributed by atoms with Gasteiger partial charge in [0.05, 0.1) is 16.9 Å². The van der Waals surface area contributed by atoms with Crippen molar-refractivity contribution in [3.05, 3.63) is 70.6 Å². The predicted octanol–water partition coefficient (Wildman–Crippen LogP) is 4.06. The summed E-state index contributed by atoms with van der Waals surface area (Å²) in [6.45, 7) is 3.42. The Labute approximate surface area is 179 Å². The fraction of sp³-hybridized carbons (Fsp3) is 0.318. The number of anilines is 1. The summed E-state index contributed by atoms with van der Waals surface area (Å²) in [5.41, 5.74) is 1.42. The van der Waals surface area contributed by atoms with Crippen LogP contribution in [0.15, 0.2) is 59.0 Å². The lowest BCUT2D eigenvalue weighted by Gasteiger charge is -2.34. The van der Waals surface area contributed by atoms with E-state index in [9.17, 15) is 14.9 Å². The maximum Gasteiger partial charge on any atom is 0.269 e. The normalized spacial score (nSPS) is 17.8. The van der Waals surface area contributed by atoms with E-state index in [2.05, 4.69) is 20.4 Å². The summed E-state index contributed by atoms with van der Waals surface area (Å²) in [5, 5.41) is 22.1. The molecule has 1 aliphatic rings. The number of likely N-dealkylation sites (tertiary alicyclic amines) is 1. The fourth-order valence-electron chi connectivity index (χ4n) is 3.74. The second-order valence-corrected chi connectivity index (χ2v) is 7.61. The number of piperidine rings is 1. The van der Waals surface area contributed by atoms with Crippen LogP contribution in [0.2, 0.25) is 0 Å². The third-order valence-electron chi connectivity index (χ3n) is 5.54. The lowest BCUT2D eigenvalue weighted by atomic mass is 9.96. The molecule has 1 fully saturated rings. The highest BCUT2D eigenvalue weighted by Gasteiger charge is 2.31. The number of rotatable bonds is 6. The van der Waals surface area contributed by atoms with Crippen molar-refractivity contribution >= 4 is 17.3 Å². The van der Waals surface area contributed by atoms with Gasteiger partial charge in [-0.15, -0.1) is 10.2 Å². The SMILES string of the molecule is CC(c1nnc(-c2ccc([N+](=O)[O-])cc2)o1)N1CCCC(C(=O)Nc2ccccc2)C1. The second-order valence-electron chi connectivity index (χ2n) is 7.61. The number of nitrogens with zero attached hydrogens (tertiary/aromatic N) is 4. The molecule has 160 valence electrons. The first-order valence-corrected chi connectivity index (χ1v) is 10.2. The molecule has 1 amide bonds. The largest absolute Gasteiger partial charge is 0.419 e. The number of benzene rings is 2. The zero-order chi connectivity index (χ0) is 21.8. The van der Waals surface area contributed by atoms with Crippen molar-refractivity contribution in [2.75, 3.05) is 18.4 Å². The van der Waals surface area contributed by atoms with E-state index in [0.29, 0.717) is 23.9 Å². The van der Waals surface area contributed by atoms with Gasteiger partial charge in [0.15, 0.2) is 0 Å². The Balaban J connectivity index is 1.41. The van der Waals surface area contributed by atoms with Crippen LogP contribution in [0.3, 0.4) is 0 Å². The van der Waals surface area contributed by atoms with Gasteiger partial charge in [-0.3, -0.25) is 19.8 Å². The van der Waals surface area contributed by atoms with Crippen molar-refractivity contribution in [3.63, 3.8) is 0 Å². The molecule has 9 nitrogen and oxygen atoms in total. The smallest absolute Gasteiger partial charge is 0.269 e. The number of amides is 1. The molecule has 1 aromatic heterocycles. The maximum atomic E-state index is 12.7. The summed E-state index contributed by atoms with van der Waals surface area (Å²) >= 11 is 0. The molecule has 2 heterocycles. The molecule has 0 spiro atoms. The molecule has 0 saturated carbocycles. The van der Waals surface area contributed by atoms with Crippen LogP contribution in [-0.2, 0) is 4.79 Å². The predicted molar refractivity (Wildman–Crippen MR) is 114 cm³/mol. The average molecular weight is 421 g/mol. The Kier molecular flexibility index (Phi) is 6.03.